The van der Waals surface area contributed by atoms with Gasteiger partial charge in [-0.05, 0) is 62.8 Å². The van der Waals surface area contributed by atoms with Gasteiger partial charge >= 0.3 is 0 Å². The summed E-state index contributed by atoms with van der Waals surface area (Å²) in [6, 6.07) is 56.2. The Balaban J connectivity index is 1.83. The molecule has 0 fully saturated rings. The summed E-state index contributed by atoms with van der Waals surface area (Å²) in [4.78, 5) is 0. The van der Waals surface area contributed by atoms with E-state index < -0.39 is 8.29 Å². The first-order valence-electron chi connectivity index (χ1n) is 13.2. The van der Waals surface area contributed by atoms with E-state index in [-0.39, 0.29) is 0 Å². The molecule has 0 aliphatic rings. The lowest BCUT2D eigenvalue weighted by Crippen LogP contribution is -2.44. The molecule has 0 spiro atoms. The van der Waals surface area contributed by atoms with Crippen LogP contribution in [0.4, 0.5) is 0 Å². The summed E-state index contributed by atoms with van der Waals surface area (Å²) in [6.07, 6.45) is 2.73. The van der Waals surface area contributed by atoms with Crippen LogP contribution in [-0.2, 0) is 28.8 Å². The Morgan fingerprint density at radius 1 is 0.297 bits per heavy atom. The normalized spacial score (nSPS) is 13.4. The Hall–Kier alpha value is -3.55. The smallest absolute Gasteiger partial charge is 0.00732 e. The molecule has 37 heavy (non-hydrogen) atoms. The second-order valence-corrected chi connectivity index (χ2v) is 20.0. The van der Waals surface area contributed by atoms with Crippen LogP contribution in [0.2, 0.25) is 0 Å². The van der Waals surface area contributed by atoms with Crippen LogP contribution >= 0.6 is 8.29 Å². The number of hydrogen-bond donors (Lipinski definition) is 0. The van der Waals surface area contributed by atoms with Crippen LogP contribution in [0.15, 0.2) is 152 Å². The summed E-state index contributed by atoms with van der Waals surface area (Å²) in [5, 5.41) is 0. The van der Waals surface area contributed by atoms with Crippen molar-refractivity contribution in [3.8, 4) is 0 Å². The van der Waals surface area contributed by atoms with Crippen molar-refractivity contribution in [2.75, 3.05) is 6.26 Å². The van der Waals surface area contributed by atoms with Crippen LogP contribution in [-0.4, -0.2) is 6.26 Å². The summed E-state index contributed by atoms with van der Waals surface area (Å²) in [7, 11) is -3.05. The van der Waals surface area contributed by atoms with E-state index in [9.17, 15) is 0 Å². The standard InChI is InChI=1S/C36H38S/c1-37(27-32-17-7-2-8-18-32,28-33-19-9-3-10-20-33,29-34-21-11-4-12-22-34,30-35-23-13-5-14-24-35)31-36-25-15-6-16-26-36/h2-26H,27-31H2,1H3. The summed E-state index contributed by atoms with van der Waals surface area (Å²) < 4.78 is 0. The van der Waals surface area contributed by atoms with Crippen molar-refractivity contribution in [3.05, 3.63) is 179 Å². The van der Waals surface area contributed by atoms with Gasteiger partial charge in [-0.3, -0.25) is 8.29 Å². The monoisotopic (exact) mass is 502 g/mol. The van der Waals surface area contributed by atoms with Gasteiger partial charge in [0, 0.05) is 0 Å². The van der Waals surface area contributed by atoms with E-state index in [1.165, 1.54) is 27.8 Å². The molecule has 0 aromatic heterocycles. The average molecular weight is 503 g/mol. The van der Waals surface area contributed by atoms with E-state index in [2.05, 4.69) is 158 Å². The molecular formula is C36H38S. The van der Waals surface area contributed by atoms with Gasteiger partial charge < -0.3 is 0 Å². The van der Waals surface area contributed by atoms with Gasteiger partial charge in [-0.1, -0.05) is 152 Å². The predicted molar refractivity (Wildman–Crippen MR) is 164 cm³/mol. The van der Waals surface area contributed by atoms with Crippen molar-refractivity contribution in [2.45, 2.75) is 28.8 Å². The first-order valence-corrected chi connectivity index (χ1v) is 16.9. The highest BCUT2D eigenvalue weighted by Crippen LogP contribution is 2.94. The highest BCUT2D eigenvalue weighted by atomic mass is 32.4. The minimum Gasteiger partial charge on any atom is -0.259 e. The molecule has 5 rings (SSSR count). The molecule has 0 nitrogen and oxygen atoms in total. The Kier molecular flexibility index (Phi) is 6.84. The lowest BCUT2D eigenvalue weighted by molar-refractivity contribution is 1.07. The molecule has 0 amide bonds. The fourth-order valence-corrected chi connectivity index (χ4v) is 14.9. The van der Waals surface area contributed by atoms with E-state index in [4.69, 9.17) is 0 Å². The molecule has 0 saturated heterocycles. The summed E-state index contributed by atoms with van der Waals surface area (Å²) in [5.74, 6) is 5.39. The van der Waals surface area contributed by atoms with Crippen molar-refractivity contribution in [2.24, 2.45) is 0 Å². The van der Waals surface area contributed by atoms with Crippen molar-refractivity contribution < 1.29 is 0 Å². The topological polar surface area (TPSA) is 0 Å². The van der Waals surface area contributed by atoms with Gasteiger partial charge in [0.1, 0.15) is 0 Å². The molecule has 188 valence electrons. The molecular weight excluding hydrogens is 464 g/mol. The van der Waals surface area contributed by atoms with Crippen LogP contribution < -0.4 is 0 Å². The third-order valence-corrected chi connectivity index (χ3v) is 15.0. The number of rotatable bonds is 10. The molecule has 5 aromatic rings. The van der Waals surface area contributed by atoms with E-state index in [1.54, 1.807) is 0 Å². The molecule has 0 aliphatic carbocycles. The van der Waals surface area contributed by atoms with Crippen LogP contribution in [0, 0.1) is 0 Å². The molecule has 0 heterocycles. The second-order valence-electron chi connectivity index (χ2n) is 11.6. The Bertz CT molecular complexity index is 1140. The maximum atomic E-state index is 2.73. The molecule has 0 aliphatic heterocycles. The highest BCUT2D eigenvalue weighted by Gasteiger charge is 2.56. The lowest BCUT2D eigenvalue weighted by atomic mass is 10.2. The van der Waals surface area contributed by atoms with E-state index in [0.29, 0.717) is 0 Å². The fourth-order valence-electron chi connectivity index (χ4n) is 6.57. The quantitative estimate of drug-likeness (QED) is 0.178. The summed E-state index contributed by atoms with van der Waals surface area (Å²) in [5.41, 5.74) is 7.18. The third-order valence-electron chi connectivity index (χ3n) is 7.81. The predicted octanol–water partition coefficient (Wildman–Crippen LogP) is 9.49. The first-order chi connectivity index (χ1) is 18.0. The molecule has 0 bridgehead atoms. The number of benzene rings is 5. The molecule has 5 aromatic carbocycles. The molecule has 0 radical (unpaired) electrons. The van der Waals surface area contributed by atoms with Gasteiger partial charge in [-0.2, -0.15) is 0 Å². The minimum atomic E-state index is -3.05. The largest absolute Gasteiger partial charge is 0.259 e. The van der Waals surface area contributed by atoms with Gasteiger partial charge in [0.05, 0.1) is 0 Å². The fraction of sp³-hybridized carbons (Fsp3) is 0.167. The van der Waals surface area contributed by atoms with Crippen LogP contribution in [0.1, 0.15) is 27.8 Å². The zero-order valence-electron chi connectivity index (χ0n) is 21.9. The zero-order valence-corrected chi connectivity index (χ0v) is 22.7. The maximum Gasteiger partial charge on any atom is -0.00732 e. The van der Waals surface area contributed by atoms with Crippen molar-refractivity contribution in [3.63, 3.8) is 0 Å². The summed E-state index contributed by atoms with van der Waals surface area (Å²) in [6.45, 7) is 0. The molecule has 0 unspecified atom stereocenters. The Labute approximate surface area is 222 Å². The summed E-state index contributed by atoms with van der Waals surface area (Å²) >= 11 is 0. The van der Waals surface area contributed by atoms with Gasteiger partial charge in [-0.15, -0.1) is 0 Å². The zero-order chi connectivity index (χ0) is 25.5. The van der Waals surface area contributed by atoms with Crippen molar-refractivity contribution in [1.82, 2.24) is 0 Å². The van der Waals surface area contributed by atoms with Gasteiger partial charge in [0.25, 0.3) is 0 Å². The molecule has 0 atom stereocenters. The Morgan fingerprint density at radius 2 is 0.459 bits per heavy atom. The second kappa shape index (κ2) is 10.1. The maximum absolute atomic E-state index is 3.05. The highest BCUT2D eigenvalue weighted by molar-refractivity contribution is 8.61. The SMILES string of the molecule is CS(Cc1ccccc1)(Cc1ccccc1)(Cc1ccccc1)(Cc1ccccc1)Cc1ccccc1. The number of hydrogen-bond acceptors (Lipinski definition) is 0. The van der Waals surface area contributed by atoms with Crippen molar-refractivity contribution in [1.29, 1.82) is 0 Å². The van der Waals surface area contributed by atoms with E-state index >= 15 is 0 Å². The third kappa shape index (κ3) is 5.89. The first kappa shape index (κ1) is 25.1. The molecule has 0 saturated carbocycles. The van der Waals surface area contributed by atoms with Gasteiger partial charge in [0.2, 0.25) is 0 Å². The van der Waals surface area contributed by atoms with Gasteiger partial charge in [-0.25, -0.2) is 0 Å². The molecule has 0 N–H and O–H groups in total. The van der Waals surface area contributed by atoms with Crippen LogP contribution in [0.5, 0.6) is 0 Å². The van der Waals surface area contributed by atoms with E-state index in [0.717, 1.165) is 28.8 Å². The molecule has 1 heteroatoms. The lowest BCUT2D eigenvalue weighted by Gasteiger charge is -2.78. The minimum absolute atomic E-state index is 1.08. The Morgan fingerprint density at radius 3 is 0.622 bits per heavy atom. The van der Waals surface area contributed by atoms with Crippen molar-refractivity contribution >= 4 is 8.29 Å². The van der Waals surface area contributed by atoms with E-state index in [1.807, 2.05) is 0 Å². The van der Waals surface area contributed by atoms with Crippen LogP contribution in [0.25, 0.3) is 0 Å². The van der Waals surface area contributed by atoms with Crippen LogP contribution in [0.3, 0.4) is 0 Å². The van der Waals surface area contributed by atoms with Gasteiger partial charge in [0.15, 0.2) is 0 Å². The average Bonchev–Trinajstić information content (AvgIpc) is 2.91.